The Morgan fingerprint density at radius 2 is 0.490 bits per heavy atom. The van der Waals surface area contributed by atoms with Crippen molar-refractivity contribution in [2.75, 3.05) is 0 Å². The summed E-state index contributed by atoms with van der Waals surface area (Å²) in [7, 11) is -8.74. The molecule has 0 amide bonds. The van der Waals surface area contributed by atoms with Crippen LogP contribution in [0.2, 0.25) is 0 Å². The first-order valence-corrected chi connectivity index (χ1v) is 18.2. The fourth-order valence-electron chi connectivity index (χ4n) is 4.34. The van der Waals surface area contributed by atoms with E-state index >= 15 is 0 Å². The van der Waals surface area contributed by atoms with Gasteiger partial charge in [-0.15, -0.1) is 0 Å². The van der Waals surface area contributed by atoms with Gasteiger partial charge >= 0.3 is 24.8 Å². The molecule has 0 fully saturated rings. The first-order valence-electron chi connectivity index (χ1n) is 14.5. The van der Waals surface area contributed by atoms with Crippen LogP contribution < -0.4 is 13.6 Å². The third-order valence-corrected chi connectivity index (χ3v) is 7.73. The summed E-state index contributed by atoms with van der Waals surface area (Å²) in [6.07, 6.45) is 0. The molecular weight excluding hydrogens is 728 g/mol. The fourth-order valence-corrected chi connectivity index (χ4v) is 5.35. The molecule has 49 heavy (non-hydrogen) atoms. The van der Waals surface area contributed by atoms with Crippen molar-refractivity contribution in [2.45, 2.75) is 0 Å². The van der Waals surface area contributed by atoms with Crippen LogP contribution in [0.4, 0.5) is 0 Å². The Kier molecular flexibility index (Phi) is 16.8. The zero-order chi connectivity index (χ0) is 34.1. The quantitative estimate of drug-likeness (QED) is 0.123. The van der Waals surface area contributed by atoms with Crippen LogP contribution >= 0.6 is 24.8 Å². The molecule has 0 spiro atoms. The zero-order valence-corrected chi connectivity index (χ0v) is 29.8. The first-order chi connectivity index (χ1) is 23.3. The molecule has 0 saturated carbocycles. The second-order valence-electron chi connectivity index (χ2n) is 9.78. The molecule has 1 radical (unpaired) electrons. The van der Waals surface area contributed by atoms with Crippen molar-refractivity contribution in [1.29, 1.82) is 0 Å². The Labute approximate surface area is 296 Å². The standard InChI is InChI=1S/3C12H11O3P.Co/c3*13-16(14)15-12-8-6-11(7-9-12)10-4-2-1-3-5-10;/h3*1-9,16H,(H,13,14);. The van der Waals surface area contributed by atoms with Crippen molar-refractivity contribution in [3.8, 4) is 50.6 Å². The van der Waals surface area contributed by atoms with Crippen LogP contribution in [-0.4, -0.2) is 14.7 Å². The van der Waals surface area contributed by atoms with Gasteiger partial charge in [-0.1, -0.05) is 127 Å². The minimum Gasteiger partial charge on any atom is -0.426 e. The maximum Gasteiger partial charge on any atom is 0.365 e. The summed E-state index contributed by atoms with van der Waals surface area (Å²) in [4.78, 5) is 25.8. The molecule has 255 valence electrons. The largest absolute Gasteiger partial charge is 0.426 e. The van der Waals surface area contributed by atoms with Crippen LogP contribution in [0, 0.1) is 0 Å². The van der Waals surface area contributed by atoms with E-state index in [9.17, 15) is 13.7 Å². The minimum absolute atomic E-state index is 0. The SMILES string of the molecule is O=[PH](O)Oc1ccc(-c2ccccc2)cc1.O=[PH](O)Oc1ccc(-c2ccccc2)cc1.O=[PH](O)Oc1ccc(-c2ccccc2)cc1.[Co]. The van der Waals surface area contributed by atoms with Gasteiger partial charge in [0.15, 0.2) is 0 Å². The van der Waals surface area contributed by atoms with Crippen LogP contribution in [0.3, 0.4) is 0 Å². The maximum atomic E-state index is 10.5. The van der Waals surface area contributed by atoms with E-state index in [1.54, 1.807) is 36.4 Å². The van der Waals surface area contributed by atoms with Crippen LogP contribution in [0.15, 0.2) is 164 Å². The van der Waals surface area contributed by atoms with E-state index in [4.69, 9.17) is 28.3 Å². The molecule has 0 bridgehead atoms. The molecule has 6 aromatic carbocycles. The monoisotopic (exact) mass is 761 g/mol. The molecule has 0 heterocycles. The predicted molar refractivity (Wildman–Crippen MR) is 191 cm³/mol. The molecule has 0 aliphatic carbocycles. The van der Waals surface area contributed by atoms with E-state index in [2.05, 4.69) is 0 Å². The summed E-state index contributed by atoms with van der Waals surface area (Å²) in [5.74, 6) is 1.23. The minimum atomic E-state index is -2.91. The Balaban J connectivity index is 0.000000197. The second-order valence-corrected chi connectivity index (χ2v) is 12.0. The van der Waals surface area contributed by atoms with Gasteiger partial charge in [-0.2, -0.15) is 0 Å². The number of rotatable bonds is 9. The van der Waals surface area contributed by atoms with E-state index in [1.165, 1.54) is 0 Å². The van der Waals surface area contributed by atoms with Crippen LogP contribution in [0.5, 0.6) is 17.2 Å². The van der Waals surface area contributed by atoms with Gasteiger partial charge in [0.05, 0.1) is 0 Å². The van der Waals surface area contributed by atoms with Gasteiger partial charge < -0.3 is 28.3 Å². The number of benzene rings is 6. The van der Waals surface area contributed by atoms with Crippen molar-refractivity contribution < 1.29 is 58.7 Å². The van der Waals surface area contributed by atoms with Crippen LogP contribution in [-0.2, 0) is 30.5 Å². The average Bonchev–Trinajstić information content (AvgIpc) is 3.10. The molecule has 6 rings (SSSR count). The summed E-state index contributed by atoms with van der Waals surface area (Å²) in [5.41, 5.74) is 6.45. The number of hydrogen-bond donors (Lipinski definition) is 3. The molecule has 0 saturated heterocycles. The van der Waals surface area contributed by atoms with Gasteiger partial charge in [0.25, 0.3) is 0 Å². The molecule has 3 atom stereocenters. The van der Waals surface area contributed by atoms with Crippen molar-refractivity contribution >= 4 is 24.8 Å². The van der Waals surface area contributed by atoms with Gasteiger partial charge in [0.2, 0.25) is 0 Å². The van der Waals surface area contributed by atoms with E-state index in [-0.39, 0.29) is 16.8 Å². The number of hydrogen-bond acceptors (Lipinski definition) is 6. The van der Waals surface area contributed by atoms with Gasteiger partial charge in [0.1, 0.15) is 17.2 Å². The van der Waals surface area contributed by atoms with E-state index in [0.29, 0.717) is 17.2 Å². The van der Waals surface area contributed by atoms with E-state index in [1.807, 2.05) is 127 Å². The van der Waals surface area contributed by atoms with Crippen LogP contribution in [0.1, 0.15) is 0 Å². The van der Waals surface area contributed by atoms with Gasteiger partial charge in [-0.3, -0.25) is 0 Å². The predicted octanol–water partition coefficient (Wildman–Crippen LogP) is 9.34. The summed E-state index contributed by atoms with van der Waals surface area (Å²) in [6.45, 7) is 0. The molecule has 6 aromatic rings. The van der Waals surface area contributed by atoms with Gasteiger partial charge in [0, 0.05) is 16.8 Å². The van der Waals surface area contributed by atoms with E-state index < -0.39 is 24.8 Å². The molecule has 9 nitrogen and oxygen atoms in total. The summed E-state index contributed by atoms with van der Waals surface area (Å²) in [6, 6.07) is 50.9. The fraction of sp³-hybridized carbons (Fsp3) is 0. The molecule has 0 aliphatic rings. The Bertz CT molecular complexity index is 1670. The third kappa shape index (κ3) is 14.0. The third-order valence-electron chi connectivity index (χ3n) is 6.50. The Morgan fingerprint density at radius 1 is 0.306 bits per heavy atom. The molecule has 3 unspecified atom stereocenters. The van der Waals surface area contributed by atoms with Crippen molar-refractivity contribution in [3.05, 3.63) is 164 Å². The topological polar surface area (TPSA) is 140 Å². The normalized spacial score (nSPS) is 11.8. The van der Waals surface area contributed by atoms with Crippen molar-refractivity contribution in [2.24, 2.45) is 0 Å². The van der Waals surface area contributed by atoms with Crippen molar-refractivity contribution in [1.82, 2.24) is 0 Å². The summed E-state index contributed by atoms with van der Waals surface area (Å²) >= 11 is 0. The van der Waals surface area contributed by atoms with Crippen molar-refractivity contribution in [3.63, 3.8) is 0 Å². The zero-order valence-electron chi connectivity index (χ0n) is 25.7. The summed E-state index contributed by atoms with van der Waals surface area (Å²) in [5, 5.41) is 0. The van der Waals surface area contributed by atoms with E-state index in [0.717, 1.165) is 33.4 Å². The van der Waals surface area contributed by atoms with Gasteiger partial charge in [-0.05, 0) is 69.8 Å². The van der Waals surface area contributed by atoms with Gasteiger partial charge in [-0.25, -0.2) is 13.7 Å². The molecule has 0 aromatic heterocycles. The second kappa shape index (κ2) is 21.0. The molecule has 3 N–H and O–H groups in total. The Morgan fingerprint density at radius 3 is 0.673 bits per heavy atom. The molecular formula is C36H33CoO9P3. The summed E-state index contributed by atoms with van der Waals surface area (Å²) < 4.78 is 45.6. The molecule has 0 aliphatic heterocycles. The Hall–Kier alpha value is -4.20. The first kappa shape index (κ1) is 39.2. The smallest absolute Gasteiger partial charge is 0.365 e. The molecule has 13 heteroatoms. The average molecular weight is 762 g/mol. The maximum absolute atomic E-state index is 10.5. The van der Waals surface area contributed by atoms with Crippen LogP contribution in [0.25, 0.3) is 33.4 Å².